The molecule has 0 aliphatic carbocycles. The van der Waals surface area contributed by atoms with Gasteiger partial charge in [-0.25, -0.2) is 4.98 Å². The van der Waals surface area contributed by atoms with Crippen LogP contribution in [0.5, 0.6) is 0 Å². The summed E-state index contributed by atoms with van der Waals surface area (Å²) in [5, 5.41) is 3.28. The van der Waals surface area contributed by atoms with Crippen LogP contribution in [0, 0.1) is 0 Å². The van der Waals surface area contributed by atoms with E-state index in [-0.39, 0.29) is 0 Å². The average Bonchev–Trinajstić information content (AvgIpc) is 2.86. The largest absolute Gasteiger partial charge is 0.369 e. The summed E-state index contributed by atoms with van der Waals surface area (Å²) in [5.74, 6) is 1.86. The molecule has 0 bridgehead atoms. The normalized spacial score (nSPS) is 19.6. The number of nitrogens with one attached hydrogen (secondary N) is 1. The molecule has 2 heterocycles. The monoisotopic (exact) mass is 249 g/mol. The first-order chi connectivity index (χ1) is 8.70. The quantitative estimate of drug-likeness (QED) is 0.855. The number of rotatable bonds is 5. The summed E-state index contributed by atoms with van der Waals surface area (Å²) in [6, 6.07) is 0.624. The van der Waals surface area contributed by atoms with E-state index in [2.05, 4.69) is 46.1 Å². The molecule has 0 saturated carbocycles. The first kappa shape index (κ1) is 13.1. The van der Waals surface area contributed by atoms with Crippen molar-refractivity contribution < 1.29 is 0 Å². The Morgan fingerprint density at radius 1 is 1.44 bits per heavy atom. The molecule has 1 N–H and O–H groups in total. The molecule has 1 aromatic heterocycles. The van der Waals surface area contributed by atoms with Gasteiger partial charge in [-0.2, -0.15) is 0 Å². The van der Waals surface area contributed by atoms with E-state index in [0.717, 1.165) is 37.7 Å². The topological polar surface area (TPSA) is 44.3 Å². The molecule has 1 atom stereocenters. The van der Waals surface area contributed by atoms with E-state index in [0.29, 0.717) is 6.04 Å². The minimum atomic E-state index is 0.624. The van der Waals surface area contributed by atoms with Crippen molar-refractivity contribution in [2.75, 3.05) is 43.9 Å². The molecule has 5 nitrogen and oxygen atoms in total. The molecule has 5 heteroatoms. The van der Waals surface area contributed by atoms with E-state index in [9.17, 15) is 0 Å². The van der Waals surface area contributed by atoms with Crippen LogP contribution in [0.25, 0.3) is 0 Å². The van der Waals surface area contributed by atoms with Crippen LogP contribution in [0.4, 0.5) is 11.6 Å². The molecule has 1 fully saturated rings. The van der Waals surface area contributed by atoms with Crippen molar-refractivity contribution in [3.63, 3.8) is 0 Å². The Morgan fingerprint density at radius 3 is 2.94 bits per heavy atom. The van der Waals surface area contributed by atoms with Crippen molar-refractivity contribution in [2.24, 2.45) is 0 Å². The van der Waals surface area contributed by atoms with Crippen LogP contribution < -0.4 is 10.2 Å². The fourth-order valence-electron chi connectivity index (χ4n) is 2.22. The van der Waals surface area contributed by atoms with Gasteiger partial charge in [-0.05, 0) is 26.9 Å². The predicted octanol–water partition coefficient (Wildman–Crippen LogP) is 1.44. The zero-order valence-corrected chi connectivity index (χ0v) is 11.6. The number of likely N-dealkylation sites (N-methyl/N-ethyl adjacent to an activating group) is 1. The molecule has 1 unspecified atom stereocenters. The standard InChI is InChI=1S/C13H23N5/c1-4-6-15-12-8-14-9-13(16-12)18-7-5-11(10-18)17(2)3/h8-9,11H,4-7,10H2,1-3H3,(H,15,16). The van der Waals surface area contributed by atoms with E-state index >= 15 is 0 Å². The van der Waals surface area contributed by atoms with Gasteiger partial charge < -0.3 is 15.1 Å². The van der Waals surface area contributed by atoms with Gasteiger partial charge in [0.2, 0.25) is 0 Å². The second-order valence-corrected chi connectivity index (χ2v) is 5.04. The molecule has 100 valence electrons. The van der Waals surface area contributed by atoms with E-state index in [1.807, 2.05) is 6.20 Å². The second kappa shape index (κ2) is 6.00. The van der Waals surface area contributed by atoms with Crippen molar-refractivity contribution in [1.82, 2.24) is 14.9 Å². The highest BCUT2D eigenvalue weighted by Gasteiger charge is 2.25. The maximum Gasteiger partial charge on any atom is 0.149 e. The Labute approximate surface area is 109 Å². The third-order valence-corrected chi connectivity index (χ3v) is 3.40. The summed E-state index contributed by atoms with van der Waals surface area (Å²) >= 11 is 0. The van der Waals surface area contributed by atoms with Gasteiger partial charge in [0.1, 0.15) is 11.6 Å². The summed E-state index contributed by atoms with van der Waals surface area (Å²) in [5.41, 5.74) is 0. The molecule has 0 radical (unpaired) electrons. The lowest BCUT2D eigenvalue weighted by atomic mass is 10.2. The Morgan fingerprint density at radius 2 is 2.28 bits per heavy atom. The molecule has 1 aliphatic heterocycles. The third-order valence-electron chi connectivity index (χ3n) is 3.40. The van der Waals surface area contributed by atoms with Gasteiger partial charge in [0, 0.05) is 25.7 Å². The molecule has 1 aliphatic rings. The molecule has 18 heavy (non-hydrogen) atoms. The van der Waals surface area contributed by atoms with Crippen molar-refractivity contribution in [1.29, 1.82) is 0 Å². The maximum absolute atomic E-state index is 4.62. The molecule has 0 spiro atoms. The van der Waals surface area contributed by atoms with Gasteiger partial charge in [0.05, 0.1) is 12.4 Å². The summed E-state index contributed by atoms with van der Waals surface area (Å²) in [6.07, 6.45) is 5.94. The number of anilines is 2. The van der Waals surface area contributed by atoms with E-state index in [4.69, 9.17) is 0 Å². The van der Waals surface area contributed by atoms with Gasteiger partial charge in [-0.15, -0.1) is 0 Å². The van der Waals surface area contributed by atoms with Crippen LogP contribution in [0.3, 0.4) is 0 Å². The fraction of sp³-hybridized carbons (Fsp3) is 0.692. The van der Waals surface area contributed by atoms with Gasteiger partial charge in [0.25, 0.3) is 0 Å². The van der Waals surface area contributed by atoms with Crippen molar-refractivity contribution in [2.45, 2.75) is 25.8 Å². The number of hydrogen-bond donors (Lipinski definition) is 1. The highest BCUT2D eigenvalue weighted by molar-refractivity contribution is 5.44. The van der Waals surface area contributed by atoms with E-state index in [1.54, 1.807) is 6.20 Å². The average molecular weight is 249 g/mol. The van der Waals surface area contributed by atoms with Crippen molar-refractivity contribution >= 4 is 11.6 Å². The number of aromatic nitrogens is 2. The van der Waals surface area contributed by atoms with E-state index < -0.39 is 0 Å². The summed E-state index contributed by atoms with van der Waals surface area (Å²) in [4.78, 5) is 13.5. The second-order valence-electron chi connectivity index (χ2n) is 5.04. The third kappa shape index (κ3) is 3.10. The zero-order chi connectivity index (χ0) is 13.0. The molecule has 0 amide bonds. The predicted molar refractivity (Wildman–Crippen MR) is 75.1 cm³/mol. The highest BCUT2D eigenvalue weighted by Crippen LogP contribution is 2.20. The van der Waals surface area contributed by atoms with Crippen molar-refractivity contribution in [3.05, 3.63) is 12.4 Å². The first-order valence-corrected chi connectivity index (χ1v) is 6.68. The molecule has 2 rings (SSSR count). The Balaban J connectivity index is 2.01. The van der Waals surface area contributed by atoms with Crippen LogP contribution >= 0.6 is 0 Å². The lowest BCUT2D eigenvalue weighted by Gasteiger charge is -2.21. The lowest BCUT2D eigenvalue weighted by molar-refractivity contribution is 0.315. The highest BCUT2D eigenvalue weighted by atomic mass is 15.3. The summed E-state index contributed by atoms with van der Waals surface area (Å²) in [6.45, 7) is 5.19. The Bertz CT molecular complexity index is 379. The first-order valence-electron chi connectivity index (χ1n) is 6.68. The molecule has 0 aromatic carbocycles. The minimum absolute atomic E-state index is 0.624. The van der Waals surface area contributed by atoms with Crippen molar-refractivity contribution in [3.8, 4) is 0 Å². The maximum atomic E-state index is 4.62. The van der Waals surface area contributed by atoms with Crippen LogP contribution in [-0.4, -0.2) is 54.6 Å². The van der Waals surface area contributed by atoms with Gasteiger partial charge in [-0.3, -0.25) is 4.98 Å². The molecule has 1 aromatic rings. The van der Waals surface area contributed by atoms with E-state index in [1.165, 1.54) is 6.42 Å². The zero-order valence-electron chi connectivity index (χ0n) is 11.6. The van der Waals surface area contributed by atoms with Crippen LogP contribution in [0.1, 0.15) is 19.8 Å². The van der Waals surface area contributed by atoms with Gasteiger partial charge >= 0.3 is 0 Å². The van der Waals surface area contributed by atoms with Gasteiger partial charge in [-0.1, -0.05) is 6.92 Å². The SMILES string of the molecule is CCCNc1cncc(N2CCC(N(C)C)C2)n1. The smallest absolute Gasteiger partial charge is 0.149 e. The number of hydrogen-bond acceptors (Lipinski definition) is 5. The van der Waals surface area contributed by atoms with Gasteiger partial charge in [0.15, 0.2) is 0 Å². The molecular weight excluding hydrogens is 226 g/mol. The number of nitrogens with zero attached hydrogens (tertiary/aromatic N) is 4. The summed E-state index contributed by atoms with van der Waals surface area (Å²) < 4.78 is 0. The Hall–Kier alpha value is -1.36. The van der Waals surface area contributed by atoms with Crippen LogP contribution in [0.15, 0.2) is 12.4 Å². The molecular formula is C13H23N5. The molecule has 1 saturated heterocycles. The van der Waals surface area contributed by atoms with Crippen LogP contribution in [0.2, 0.25) is 0 Å². The van der Waals surface area contributed by atoms with Crippen LogP contribution in [-0.2, 0) is 0 Å². The summed E-state index contributed by atoms with van der Waals surface area (Å²) in [7, 11) is 4.28. The Kier molecular flexibility index (Phi) is 4.36. The lowest BCUT2D eigenvalue weighted by Crippen LogP contribution is -2.31. The fourth-order valence-corrected chi connectivity index (χ4v) is 2.22. The minimum Gasteiger partial charge on any atom is -0.369 e.